The summed E-state index contributed by atoms with van der Waals surface area (Å²) in [5.74, 6) is 1.41. The van der Waals surface area contributed by atoms with E-state index in [0.717, 1.165) is 11.1 Å². The van der Waals surface area contributed by atoms with E-state index in [-0.39, 0.29) is 0 Å². The number of nitrogens with two attached hydrogens (primary N) is 1. The van der Waals surface area contributed by atoms with Crippen molar-refractivity contribution in [3.63, 3.8) is 0 Å². The fraction of sp³-hybridized carbons (Fsp3) is 0.200. The van der Waals surface area contributed by atoms with Crippen molar-refractivity contribution in [2.24, 2.45) is 0 Å². The normalized spacial score (nSPS) is 10.3. The second-order valence-electron chi connectivity index (χ2n) is 4.29. The highest BCUT2D eigenvalue weighted by atomic mass is 35.5. The van der Waals surface area contributed by atoms with Crippen LogP contribution in [0.15, 0.2) is 36.4 Å². The first kappa shape index (κ1) is 13.6. The fourth-order valence-corrected chi connectivity index (χ4v) is 1.97. The Morgan fingerprint density at radius 1 is 1.11 bits per heavy atom. The molecule has 0 unspecified atom stereocenters. The molecule has 2 aromatic carbocycles. The maximum Gasteiger partial charge on any atom is 0.161 e. The lowest BCUT2D eigenvalue weighted by Crippen LogP contribution is -1.99. The Balaban J connectivity index is 2.14. The van der Waals surface area contributed by atoms with Gasteiger partial charge in [0, 0.05) is 16.3 Å². The number of benzene rings is 2. The number of hydrogen-bond donors (Lipinski definition) is 1. The molecule has 0 saturated heterocycles. The van der Waals surface area contributed by atoms with Crippen LogP contribution in [0.3, 0.4) is 0 Å². The Labute approximate surface area is 117 Å². The first-order valence-electron chi connectivity index (χ1n) is 5.91. The quantitative estimate of drug-likeness (QED) is 0.864. The van der Waals surface area contributed by atoms with Gasteiger partial charge in [-0.2, -0.15) is 0 Å². The van der Waals surface area contributed by atoms with E-state index in [1.807, 2.05) is 31.2 Å². The molecule has 0 aliphatic heterocycles. The number of methoxy groups -OCH3 is 1. The standard InChI is InChI=1S/C15H16ClNO2/c1-10-3-6-14(15(7-10)18-2)19-9-11-4-5-12(17)8-13(11)16/h3-8H,9,17H2,1-2H3. The summed E-state index contributed by atoms with van der Waals surface area (Å²) in [6.45, 7) is 2.38. The van der Waals surface area contributed by atoms with Crippen molar-refractivity contribution in [2.75, 3.05) is 12.8 Å². The Morgan fingerprint density at radius 2 is 1.89 bits per heavy atom. The first-order chi connectivity index (χ1) is 9.10. The average molecular weight is 278 g/mol. The van der Waals surface area contributed by atoms with Gasteiger partial charge in [0.1, 0.15) is 6.61 Å². The zero-order valence-electron chi connectivity index (χ0n) is 10.9. The summed E-state index contributed by atoms with van der Waals surface area (Å²) in [4.78, 5) is 0. The summed E-state index contributed by atoms with van der Waals surface area (Å²) in [5.41, 5.74) is 8.30. The Hall–Kier alpha value is -1.87. The summed E-state index contributed by atoms with van der Waals surface area (Å²) in [7, 11) is 1.62. The van der Waals surface area contributed by atoms with E-state index in [9.17, 15) is 0 Å². The van der Waals surface area contributed by atoms with Gasteiger partial charge < -0.3 is 15.2 Å². The molecule has 3 nitrogen and oxygen atoms in total. The second-order valence-corrected chi connectivity index (χ2v) is 4.70. The summed E-state index contributed by atoms with van der Waals surface area (Å²) >= 11 is 6.10. The van der Waals surface area contributed by atoms with Gasteiger partial charge in [0.05, 0.1) is 7.11 Å². The van der Waals surface area contributed by atoms with Crippen LogP contribution in [0, 0.1) is 6.92 Å². The smallest absolute Gasteiger partial charge is 0.161 e. The Bertz CT molecular complexity index is 584. The SMILES string of the molecule is COc1cc(C)ccc1OCc1ccc(N)cc1Cl. The lowest BCUT2D eigenvalue weighted by atomic mass is 10.2. The van der Waals surface area contributed by atoms with E-state index in [1.165, 1.54) is 0 Å². The molecule has 0 aromatic heterocycles. The summed E-state index contributed by atoms with van der Waals surface area (Å²) in [6.07, 6.45) is 0. The number of hydrogen-bond acceptors (Lipinski definition) is 3. The van der Waals surface area contributed by atoms with Crippen LogP contribution in [0.25, 0.3) is 0 Å². The molecule has 19 heavy (non-hydrogen) atoms. The molecule has 0 aliphatic carbocycles. The predicted octanol–water partition coefficient (Wildman–Crippen LogP) is 3.82. The van der Waals surface area contributed by atoms with E-state index < -0.39 is 0 Å². The monoisotopic (exact) mass is 277 g/mol. The lowest BCUT2D eigenvalue weighted by molar-refractivity contribution is 0.284. The maximum atomic E-state index is 6.10. The molecular weight excluding hydrogens is 262 g/mol. The van der Waals surface area contributed by atoms with Crippen molar-refractivity contribution in [1.82, 2.24) is 0 Å². The van der Waals surface area contributed by atoms with E-state index in [4.69, 9.17) is 26.8 Å². The van der Waals surface area contributed by atoms with Crippen molar-refractivity contribution < 1.29 is 9.47 Å². The van der Waals surface area contributed by atoms with Crippen molar-refractivity contribution in [2.45, 2.75) is 13.5 Å². The van der Waals surface area contributed by atoms with Gasteiger partial charge in [0.25, 0.3) is 0 Å². The average Bonchev–Trinajstić information content (AvgIpc) is 2.39. The third-order valence-corrected chi connectivity index (χ3v) is 3.13. The van der Waals surface area contributed by atoms with Gasteiger partial charge in [-0.05, 0) is 36.8 Å². The number of ether oxygens (including phenoxy) is 2. The fourth-order valence-electron chi connectivity index (χ4n) is 1.73. The predicted molar refractivity (Wildman–Crippen MR) is 77.9 cm³/mol. The summed E-state index contributed by atoms with van der Waals surface area (Å²) < 4.78 is 11.0. The minimum atomic E-state index is 0.374. The number of rotatable bonds is 4. The van der Waals surface area contributed by atoms with Crippen LogP contribution in [0.2, 0.25) is 5.02 Å². The van der Waals surface area contributed by atoms with Crippen LogP contribution in [0.1, 0.15) is 11.1 Å². The van der Waals surface area contributed by atoms with Crippen molar-refractivity contribution in [3.8, 4) is 11.5 Å². The van der Waals surface area contributed by atoms with Crippen LogP contribution >= 0.6 is 11.6 Å². The van der Waals surface area contributed by atoms with Gasteiger partial charge in [-0.1, -0.05) is 23.7 Å². The van der Waals surface area contributed by atoms with Gasteiger partial charge in [0.15, 0.2) is 11.5 Å². The molecule has 4 heteroatoms. The lowest BCUT2D eigenvalue weighted by Gasteiger charge is -2.12. The van der Waals surface area contributed by atoms with Crippen LogP contribution < -0.4 is 15.2 Å². The zero-order chi connectivity index (χ0) is 13.8. The molecule has 100 valence electrons. The topological polar surface area (TPSA) is 44.5 Å². The number of aryl methyl sites for hydroxylation is 1. The van der Waals surface area contributed by atoms with Gasteiger partial charge in [-0.25, -0.2) is 0 Å². The van der Waals surface area contributed by atoms with E-state index in [2.05, 4.69) is 0 Å². The summed E-state index contributed by atoms with van der Waals surface area (Å²) in [5, 5.41) is 0.603. The van der Waals surface area contributed by atoms with E-state index in [0.29, 0.717) is 28.8 Å². The van der Waals surface area contributed by atoms with Crippen LogP contribution in [0.5, 0.6) is 11.5 Å². The molecule has 2 N–H and O–H groups in total. The number of nitrogen functional groups attached to an aromatic ring is 1. The molecule has 2 aromatic rings. The minimum absolute atomic E-state index is 0.374. The van der Waals surface area contributed by atoms with Crippen LogP contribution in [-0.2, 0) is 6.61 Å². The molecule has 0 radical (unpaired) electrons. The largest absolute Gasteiger partial charge is 0.493 e. The summed E-state index contributed by atoms with van der Waals surface area (Å²) in [6, 6.07) is 11.2. The highest BCUT2D eigenvalue weighted by molar-refractivity contribution is 6.31. The molecular formula is C15H16ClNO2. The van der Waals surface area contributed by atoms with Crippen molar-refractivity contribution >= 4 is 17.3 Å². The zero-order valence-corrected chi connectivity index (χ0v) is 11.7. The second kappa shape index (κ2) is 5.85. The van der Waals surface area contributed by atoms with Crippen molar-refractivity contribution in [1.29, 1.82) is 0 Å². The molecule has 0 aliphatic rings. The maximum absolute atomic E-state index is 6.10. The molecule has 0 amide bonds. The first-order valence-corrected chi connectivity index (χ1v) is 6.29. The molecule has 0 bridgehead atoms. The molecule has 2 rings (SSSR count). The third kappa shape index (κ3) is 3.32. The Morgan fingerprint density at radius 3 is 2.58 bits per heavy atom. The molecule has 0 spiro atoms. The van der Waals surface area contributed by atoms with Gasteiger partial charge in [0.2, 0.25) is 0 Å². The highest BCUT2D eigenvalue weighted by Crippen LogP contribution is 2.29. The van der Waals surface area contributed by atoms with Crippen molar-refractivity contribution in [3.05, 3.63) is 52.5 Å². The van der Waals surface area contributed by atoms with E-state index >= 15 is 0 Å². The number of anilines is 1. The van der Waals surface area contributed by atoms with Gasteiger partial charge in [-0.15, -0.1) is 0 Å². The molecule has 0 heterocycles. The van der Waals surface area contributed by atoms with Crippen LogP contribution in [0.4, 0.5) is 5.69 Å². The van der Waals surface area contributed by atoms with Gasteiger partial charge in [-0.3, -0.25) is 0 Å². The van der Waals surface area contributed by atoms with Gasteiger partial charge >= 0.3 is 0 Å². The Kier molecular flexibility index (Phi) is 4.17. The number of halogens is 1. The molecule has 0 fully saturated rings. The highest BCUT2D eigenvalue weighted by Gasteiger charge is 2.06. The molecule has 0 atom stereocenters. The minimum Gasteiger partial charge on any atom is -0.493 e. The molecule has 0 saturated carbocycles. The third-order valence-electron chi connectivity index (χ3n) is 2.78. The van der Waals surface area contributed by atoms with Crippen LogP contribution in [-0.4, -0.2) is 7.11 Å². The van der Waals surface area contributed by atoms with E-state index in [1.54, 1.807) is 19.2 Å².